The van der Waals surface area contributed by atoms with E-state index in [-0.39, 0.29) is 10.7 Å². The summed E-state index contributed by atoms with van der Waals surface area (Å²) in [4.78, 5) is 10.3. The Morgan fingerprint density at radius 2 is 2.55 bits per heavy atom. The van der Waals surface area contributed by atoms with E-state index in [0.717, 1.165) is 0 Å². The van der Waals surface area contributed by atoms with Gasteiger partial charge in [0, 0.05) is 12.7 Å². The molecular formula is C6H6ClN2O2-. The normalized spacial score (nSPS) is 10.0. The van der Waals surface area contributed by atoms with Crippen LogP contribution in [-0.2, 0) is 6.54 Å². The van der Waals surface area contributed by atoms with Crippen LogP contribution in [0.3, 0.4) is 0 Å². The molecule has 0 fully saturated rings. The number of nitrogens with zero attached hydrogens (tertiary/aromatic N) is 2. The van der Waals surface area contributed by atoms with Gasteiger partial charge in [0.15, 0.2) is 0 Å². The maximum atomic E-state index is 10.3. The molecule has 5 heteroatoms. The highest BCUT2D eigenvalue weighted by atomic mass is 35.5. The third-order valence-corrected chi connectivity index (χ3v) is 1.51. The van der Waals surface area contributed by atoms with Crippen LogP contribution in [0.25, 0.3) is 0 Å². The Morgan fingerprint density at radius 3 is 2.82 bits per heavy atom. The number of hydrogen-bond donors (Lipinski definition) is 0. The van der Waals surface area contributed by atoms with E-state index >= 15 is 0 Å². The van der Waals surface area contributed by atoms with Gasteiger partial charge in [-0.3, -0.25) is 4.68 Å². The summed E-state index contributed by atoms with van der Waals surface area (Å²) in [7, 11) is 0. The van der Waals surface area contributed by atoms with Crippen molar-refractivity contribution in [1.82, 2.24) is 9.78 Å². The highest BCUT2D eigenvalue weighted by Gasteiger charge is 2.05. The van der Waals surface area contributed by atoms with E-state index < -0.39 is 5.97 Å². The average molecular weight is 174 g/mol. The van der Waals surface area contributed by atoms with Gasteiger partial charge in [0.2, 0.25) is 0 Å². The van der Waals surface area contributed by atoms with Crippen LogP contribution in [0.4, 0.5) is 0 Å². The van der Waals surface area contributed by atoms with Gasteiger partial charge in [0.25, 0.3) is 0 Å². The molecule has 1 aromatic heterocycles. The summed E-state index contributed by atoms with van der Waals surface area (Å²) < 4.78 is 1.44. The lowest BCUT2D eigenvalue weighted by Crippen LogP contribution is -2.23. The van der Waals surface area contributed by atoms with Gasteiger partial charge in [-0.1, -0.05) is 11.6 Å². The van der Waals surface area contributed by atoms with E-state index in [0.29, 0.717) is 6.54 Å². The highest BCUT2D eigenvalue weighted by molar-refractivity contribution is 6.33. The van der Waals surface area contributed by atoms with Crippen molar-refractivity contribution in [2.45, 2.75) is 13.5 Å². The molecule has 4 nitrogen and oxygen atoms in total. The van der Waals surface area contributed by atoms with Crippen molar-refractivity contribution in [1.29, 1.82) is 0 Å². The molecule has 1 aromatic rings. The summed E-state index contributed by atoms with van der Waals surface area (Å²) >= 11 is 5.51. The molecule has 0 amide bonds. The number of hydrogen-bond acceptors (Lipinski definition) is 3. The molecule has 1 rings (SSSR count). The summed E-state index contributed by atoms with van der Waals surface area (Å²) in [5.41, 5.74) is -0.200. The standard InChI is InChI=1S/C6H7ClN2O2/c1-2-9-3-4(7)5(8-9)6(10)11/h3H,2H2,1H3,(H,10,11)/p-1. The fraction of sp³-hybridized carbons (Fsp3) is 0.333. The fourth-order valence-electron chi connectivity index (χ4n) is 0.697. The topological polar surface area (TPSA) is 58.0 Å². The first-order chi connectivity index (χ1) is 5.15. The molecule has 1 heterocycles. The van der Waals surface area contributed by atoms with Crippen LogP contribution in [0, 0.1) is 0 Å². The second-order valence-electron chi connectivity index (χ2n) is 1.97. The Balaban J connectivity index is 3.07. The largest absolute Gasteiger partial charge is 0.543 e. The maximum Gasteiger partial charge on any atom is 0.126 e. The van der Waals surface area contributed by atoms with E-state index in [1.54, 1.807) is 0 Å². The number of rotatable bonds is 2. The van der Waals surface area contributed by atoms with Gasteiger partial charge in [-0.15, -0.1) is 0 Å². The molecule has 0 radical (unpaired) electrons. The second-order valence-corrected chi connectivity index (χ2v) is 2.38. The Kier molecular flexibility index (Phi) is 2.14. The first-order valence-electron chi connectivity index (χ1n) is 3.09. The number of carbonyl (C=O) groups excluding carboxylic acids is 1. The zero-order valence-corrected chi connectivity index (χ0v) is 6.63. The average Bonchev–Trinajstić information content (AvgIpc) is 2.30. The summed E-state index contributed by atoms with van der Waals surface area (Å²) in [5, 5.41) is 14.0. The minimum absolute atomic E-state index is 0.117. The number of carboxylic acid groups (broad SMARTS) is 1. The Morgan fingerprint density at radius 1 is 1.91 bits per heavy atom. The van der Waals surface area contributed by atoms with Crippen molar-refractivity contribution in [2.75, 3.05) is 0 Å². The minimum atomic E-state index is -1.35. The molecule has 0 spiro atoms. The zero-order chi connectivity index (χ0) is 8.43. The Hall–Kier alpha value is -1.03. The van der Waals surface area contributed by atoms with E-state index in [4.69, 9.17) is 11.6 Å². The van der Waals surface area contributed by atoms with Crippen LogP contribution in [0.5, 0.6) is 0 Å². The lowest BCUT2D eigenvalue weighted by Gasteiger charge is -1.95. The predicted molar refractivity (Wildman–Crippen MR) is 37.2 cm³/mol. The van der Waals surface area contributed by atoms with E-state index in [9.17, 15) is 9.90 Å². The summed E-state index contributed by atoms with van der Waals surface area (Å²) in [6.45, 7) is 2.43. The van der Waals surface area contributed by atoms with E-state index in [1.807, 2.05) is 6.92 Å². The lowest BCUT2D eigenvalue weighted by molar-refractivity contribution is -0.255. The number of halogens is 1. The van der Waals surface area contributed by atoms with Crippen LogP contribution in [0.1, 0.15) is 17.4 Å². The molecule has 11 heavy (non-hydrogen) atoms. The van der Waals surface area contributed by atoms with Crippen LogP contribution < -0.4 is 5.11 Å². The Bertz CT molecular complexity index is 282. The highest BCUT2D eigenvalue weighted by Crippen LogP contribution is 2.12. The maximum absolute atomic E-state index is 10.3. The smallest absolute Gasteiger partial charge is 0.126 e. The number of aromatic carboxylic acids is 1. The van der Waals surface area contributed by atoms with Crippen molar-refractivity contribution in [3.63, 3.8) is 0 Å². The summed E-state index contributed by atoms with van der Waals surface area (Å²) in [6, 6.07) is 0. The molecule has 0 aliphatic rings. The number of aromatic nitrogens is 2. The third-order valence-electron chi connectivity index (χ3n) is 1.23. The van der Waals surface area contributed by atoms with Gasteiger partial charge in [0.05, 0.1) is 11.0 Å². The van der Waals surface area contributed by atoms with Crippen LogP contribution in [-0.4, -0.2) is 15.7 Å². The van der Waals surface area contributed by atoms with Gasteiger partial charge in [-0.25, -0.2) is 0 Å². The molecular weight excluding hydrogens is 168 g/mol. The Labute approximate surface area is 68.4 Å². The van der Waals surface area contributed by atoms with Crippen molar-refractivity contribution in [3.05, 3.63) is 16.9 Å². The molecule has 0 bridgehead atoms. The van der Waals surface area contributed by atoms with E-state index in [1.165, 1.54) is 10.9 Å². The van der Waals surface area contributed by atoms with Gasteiger partial charge in [0.1, 0.15) is 5.69 Å². The molecule has 0 aromatic carbocycles. The van der Waals surface area contributed by atoms with Crippen LogP contribution in [0.2, 0.25) is 5.02 Å². The molecule has 60 valence electrons. The minimum Gasteiger partial charge on any atom is -0.543 e. The van der Waals surface area contributed by atoms with Crippen molar-refractivity contribution in [3.8, 4) is 0 Å². The van der Waals surface area contributed by atoms with Gasteiger partial charge in [-0.2, -0.15) is 5.10 Å². The lowest BCUT2D eigenvalue weighted by atomic mass is 10.4. The molecule has 0 saturated heterocycles. The fourth-order valence-corrected chi connectivity index (χ4v) is 0.925. The van der Waals surface area contributed by atoms with E-state index in [2.05, 4.69) is 5.10 Å². The number of aryl methyl sites for hydroxylation is 1. The first-order valence-corrected chi connectivity index (χ1v) is 3.47. The zero-order valence-electron chi connectivity index (χ0n) is 5.87. The van der Waals surface area contributed by atoms with Gasteiger partial charge < -0.3 is 9.90 Å². The van der Waals surface area contributed by atoms with Gasteiger partial charge in [-0.05, 0) is 6.92 Å². The molecule has 0 aliphatic heterocycles. The molecule has 0 unspecified atom stereocenters. The molecule has 0 N–H and O–H groups in total. The van der Waals surface area contributed by atoms with Crippen molar-refractivity contribution < 1.29 is 9.90 Å². The molecule has 0 atom stereocenters. The van der Waals surface area contributed by atoms with Crippen LogP contribution in [0.15, 0.2) is 6.20 Å². The van der Waals surface area contributed by atoms with Gasteiger partial charge >= 0.3 is 0 Å². The SMILES string of the molecule is CCn1cc(Cl)c(C(=O)[O-])n1. The second kappa shape index (κ2) is 2.92. The van der Waals surface area contributed by atoms with Crippen LogP contribution >= 0.6 is 11.6 Å². The number of carbonyl (C=O) groups is 1. The van der Waals surface area contributed by atoms with Crippen molar-refractivity contribution >= 4 is 17.6 Å². The predicted octanol–water partition coefficient (Wildman–Crippen LogP) is -0.0801. The first kappa shape index (κ1) is 8.07. The quantitative estimate of drug-likeness (QED) is 0.629. The molecule has 0 saturated carbocycles. The summed E-state index contributed by atoms with van der Waals surface area (Å²) in [6.07, 6.45) is 1.45. The summed E-state index contributed by atoms with van der Waals surface area (Å²) in [5.74, 6) is -1.35. The monoisotopic (exact) mass is 173 g/mol. The molecule has 0 aliphatic carbocycles. The number of carboxylic acids is 1. The third kappa shape index (κ3) is 1.51. The van der Waals surface area contributed by atoms with Crippen molar-refractivity contribution in [2.24, 2.45) is 0 Å².